The summed E-state index contributed by atoms with van der Waals surface area (Å²) in [4.78, 5) is 27.1. The maximum atomic E-state index is 13.5. The molecule has 224 valence electrons. The monoisotopic (exact) mass is 588 g/mol. The van der Waals surface area contributed by atoms with E-state index in [1.54, 1.807) is 31.2 Å². The highest BCUT2D eigenvalue weighted by Crippen LogP contribution is 2.35. The number of halogens is 3. The molecule has 1 heterocycles. The molecule has 0 bridgehead atoms. The Morgan fingerprint density at radius 3 is 2.30 bits per heavy atom. The molecule has 0 aliphatic carbocycles. The number of carboxylic acids is 1. The molecule has 2 N–H and O–H groups in total. The van der Waals surface area contributed by atoms with Crippen LogP contribution in [0.4, 0.5) is 13.2 Å². The molecule has 4 rings (SSSR count). The zero-order valence-electron chi connectivity index (χ0n) is 24.6. The Balaban J connectivity index is 1.49. The first-order valence-electron chi connectivity index (χ1n) is 14.1. The fourth-order valence-electron chi connectivity index (χ4n) is 5.29. The second-order valence-electron chi connectivity index (χ2n) is 10.6. The van der Waals surface area contributed by atoms with Crippen LogP contribution < -0.4 is 5.32 Å². The highest BCUT2D eigenvalue weighted by atomic mass is 19.4. The van der Waals surface area contributed by atoms with E-state index < -0.39 is 29.7 Å². The van der Waals surface area contributed by atoms with Gasteiger partial charge in [0.05, 0.1) is 17.2 Å². The molecule has 0 fully saturated rings. The molecule has 43 heavy (non-hydrogen) atoms. The number of nitrogens with one attached hydrogen (secondary N) is 1. The quantitative estimate of drug-likeness (QED) is 0.247. The Morgan fingerprint density at radius 1 is 1.00 bits per heavy atom. The maximum Gasteiger partial charge on any atom is 0.416 e. The molecule has 1 unspecified atom stereocenters. The van der Waals surface area contributed by atoms with Gasteiger partial charge in [-0.3, -0.25) is 4.79 Å². The fourth-order valence-corrected chi connectivity index (χ4v) is 5.29. The average molecular weight is 589 g/mol. The third-order valence-corrected chi connectivity index (χ3v) is 7.75. The van der Waals surface area contributed by atoms with Crippen molar-refractivity contribution >= 4 is 11.9 Å². The molecule has 0 spiro atoms. The van der Waals surface area contributed by atoms with Crippen molar-refractivity contribution in [2.75, 3.05) is 6.54 Å². The SMILES string of the molecule is CCC=C(C=C1CN(Cc2ccc(-c3ccccc3C(=O)O)cc2)C(C)=C1C)C(=O)NC(C)c1ccccc1C(F)(F)F. The second-order valence-corrected chi connectivity index (χ2v) is 10.6. The fraction of sp³-hybridized carbons (Fsp3) is 0.257. The van der Waals surface area contributed by atoms with Gasteiger partial charge in [-0.25, -0.2) is 4.79 Å². The molecule has 0 saturated heterocycles. The first-order valence-corrected chi connectivity index (χ1v) is 14.1. The Labute approximate surface area is 250 Å². The number of rotatable bonds is 9. The summed E-state index contributed by atoms with van der Waals surface area (Å²) < 4.78 is 40.6. The lowest BCUT2D eigenvalue weighted by Gasteiger charge is -2.21. The number of carbonyl (C=O) groups is 2. The van der Waals surface area contributed by atoms with E-state index in [1.165, 1.54) is 18.2 Å². The average Bonchev–Trinajstić information content (AvgIpc) is 3.24. The van der Waals surface area contributed by atoms with Gasteiger partial charge in [-0.1, -0.05) is 73.7 Å². The summed E-state index contributed by atoms with van der Waals surface area (Å²) in [6.45, 7) is 8.66. The normalized spacial score (nSPS) is 15.7. The first kappa shape index (κ1) is 31.3. The Kier molecular flexibility index (Phi) is 9.59. The van der Waals surface area contributed by atoms with Crippen molar-refractivity contribution < 1.29 is 27.9 Å². The van der Waals surface area contributed by atoms with Gasteiger partial charge in [-0.2, -0.15) is 13.2 Å². The molecule has 3 aromatic carbocycles. The van der Waals surface area contributed by atoms with Gasteiger partial charge in [0.2, 0.25) is 0 Å². The second kappa shape index (κ2) is 13.2. The molecule has 1 aliphatic rings. The van der Waals surface area contributed by atoms with Crippen LogP contribution in [0.25, 0.3) is 11.1 Å². The van der Waals surface area contributed by atoms with Crippen LogP contribution in [0, 0.1) is 0 Å². The minimum absolute atomic E-state index is 0.0169. The van der Waals surface area contributed by atoms with E-state index in [0.717, 1.165) is 34.0 Å². The molecule has 0 aromatic heterocycles. The number of carbonyl (C=O) groups excluding carboxylic acids is 1. The first-order chi connectivity index (χ1) is 20.4. The van der Waals surface area contributed by atoms with E-state index in [1.807, 2.05) is 57.2 Å². The summed E-state index contributed by atoms with van der Waals surface area (Å²) in [5, 5.41) is 12.3. The van der Waals surface area contributed by atoms with Gasteiger partial charge >= 0.3 is 12.1 Å². The zero-order chi connectivity index (χ0) is 31.3. The van der Waals surface area contributed by atoms with Gasteiger partial charge < -0.3 is 15.3 Å². The maximum absolute atomic E-state index is 13.5. The summed E-state index contributed by atoms with van der Waals surface area (Å²) in [5.41, 5.74) is 5.50. The van der Waals surface area contributed by atoms with E-state index in [9.17, 15) is 27.9 Å². The van der Waals surface area contributed by atoms with Gasteiger partial charge in [-0.05, 0) is 78.8 Å². The van der Waals surface area contributed by atoms with E-state index in [-0.39, 0.29) is 11.1 Å². The largest absolute Gasteiger partial charge is 0.478 e. The number of amides is 1. The van der Waals surface area contributed by atoms with Crippen LogP contribution in [0.15, 0.2) is 107 Å². The number of aromatic carboxylic acids is 1. The van der Waals surface area contributed by atoms with Gasteiger partial charge in [-0.15, -0.1) is 0 Å². The number of benzene rings is 3. The number of nitrogens with zero attached hydrogens (tertiary/aromatic N) is 1. The molecule has 1 aliphatic heterocycles. The van der Waals surface area contributed by atoms with Crippen molar-refractivity contribution in [3.05, 3.63) is 130 Å². The lowest BCUT2D eigenvalue weighted by Crippen LogP contribution is -2.29. The predicted molar refractivity (Wildman–Crippen MR) is 162 cm³/mol. The number of alkyl halides is 3. The summed E-state index contributed by atoms with van der Waals surface area (Å²) in [5.74, 6) is -1.40. The third-order valence-electron chi connectivity index (χ3n) is 7.75. The van der Waals surface area contributed by atoms with E-state index in [4.69, 9.17) is 0 Å². The highest BCUT2D eigenvalue weighted by molar-refractivity contribution is 5.97. The molecule has 1 atom stereocenters. The molecule has 0 saturated carbocycles. The van der Waals surface area contributed by atoms with Crippen LogP contribution in [0.2, 0.25) is 0 Å². The lowest BCUT2D eigenvalue weighted by molar-refractivity contribution is -0.138. The molecule has 3 aromatic rings. The van der Waals surface area contributed by atoms with Gasteiger partial charge in [0, 0.05) is 24.4 Å². The van der Waals surface area contributed by atoms with Gasteiger partial charge in [0.25, 0.3) is 5.91 Å². The van der Waals surface area contributed by atoms with Crippen LogP contribution in [-0.4, -0.2) is 28.4 Å². The minimum atomic E-state index is -4.52. The zero-order valence-corrected chi connectivity index (χ0v) is 24.6. The van der Waals surface area contributed by atoms with Crippen molar-refractivity contribution in [1.82, 2.24) is 10.2 Å². The Bertz CT molecular complexity index is 1600. The smallest absolute Gasteiger partial charge is 0.416 e. The number of allylic oxidation sites excluding steroid dienone is 2. The topological polar surface area (TPSA) is 69.6 Å². The summed E-state index contributed by atoms with van der Waals surface area (Å²) in [6, 6.07) is 19.1. The number of hydrogen-bond donors (Lipinski definition) is 2. The number of hydrogen-bond acceptors (Lipinski definition) is 3. The summed E-state index contributed by atoms with van der Waals surface area (Å²) >= 11 is 0. The molecule has 5 nitrogen and oxygen atoms in total. The molecular formula is C35H35F3N2O3. The molecule has 0 radical (unpaired) electrons. The van der Waals surface area contributed by atoms with Crippen LogP contribution in [0.5, 0.6) is 0 Å². The van der Waals surface area contributed by atoms with Crippen molar-refractivity contribution in [1.29, 1.82) is 0 Å². The summed E-state index contributed by atoms with van der Waals surface area (Å²) in [7, 11) is 0. The molecule has 1 amide bonds. The molecule has 8 heteroatoms. The summed E-state index contributed by atoms with van der Waals surface area (Å²) in [6.07, 6.45) is -0.325. The van der Waals surface area contributed by atoms with Crippen LogP contribution in [0.3, 0.4) is 0 Å². The van der Waals surface area contributed by atoms with E-state index >= 15 is 0 Å². The van der Waals surface area contributed by atoms with Crippen molar-refractivity contribution in [2.24, 2.45) is 0 Å². The van der Waals surface area contributed by atoms with Crippen LogP contribution in [0.1, 0.15) is 67.2 Å². The Hall–Kier alpha value is -4.59. The predicted octanol–water partition coefficient (Wildman–Crippen LogP) is 8.32. The third kappa shape index (κ3) is 7.25. The minimum Gasteiger partial charge on any atom is -0.478 e. The van der Waals surface area contributed by atoms with Gasteiger partial charge in [0.1, 0.15) is 0 Å². The standard InChI is InChI=1S/C35H35F3N2O3/c1-5-10-27(33(41)39-23(3)29-11-8-9-14-32(29)35(36,37)38)19-28-21-40(24(4)22(28)2)20-25-15-17-26(18-16-25)30-12-6-7-13-31(30)34(42)43/h6-19,23H,5,20-21H2,1-4H3,(H,39,41)(H,42,43). The Morgan fingerprint density at radius 2 is 1.65 bits per heavy atom. The van der Waals surface area contributed by atoms with Crippen molar-refractivity contribution in [3.8, 4) is 11.1 Å². The van der Waals surface area contributed by atoms with Crippen molar-refractivity contribution in [3.63, 3.8) is 0 Å². The number of carboxylic acid groups (broad SMARTS) is 1. The lowest BCUT2D eigenvalue weighted by atomic mass is 9.98. The van der Waals surface area contributed by atoms with Crippen LogP contribution in [-0.2, 0) is 17.5 Å². The van der Waals surface area contributed by atoms with E-state index in [2.05, 4.69) is 10.2 Å². The van der Waals surface area contributed by atoms with E-state index in [0.29, 0.717) is 30.6 Å². The van der Waals surface area contributed by atoms with Crippen molar-refractivity contribution in [2.45, 2.75) is 52.9 Å². The highest BCUT2D eigenvalue weighted by Gasteiger charge is 2.34. The van der Waals surface area contributed by atoms with Gasteiger partial charge in [0.15, 0.2) is 0 Å². The van der Waals surface area contributed by atoms with Crippen LogP contribution >= 0.6 is 0 Å². The molecular weight excluding hydrogens is 553 g/mol.